The smallest absolute Gasteiger partial charge is 0.0745 e. The van der Waals surface area contributed by atoms with Gasteiger partial charge in [-0.2, -0.15) is 0 Å². The Labute approximate surface area is 106 Å². The van der Waals surface area contributed by atoms with E-state index in [1.54, 1.807) is 27.9 Å². The molecule has 0 saturated heterocycles. The van der Waals surface area contributed by atoms with Crippen LogP contribution in [-0.2, 0) is 4.74 Å². The summed E-state index contributed by atoms with van der Waals surface area (Å²) in [4.78, 5) is 0. The minimum absolute atomic E-state index is 0.167. The van der Waals surface area contributed by atoms with E-state index in [2.05, 4.69) is 11.7 Å². The zero-order chi connectivity index (χ0) is 14.7. The highest BCUT2D eigenvalue weighted by Crippen LogP contribution is 1.78. The third-order valence-corrected chi connectivity index (χ3v) is 0.920. The summed E-state index contributed by atoms with van der Waals surface area (Å²) in [5, 5.41) is 31.5. The summed E-state index contributed by atoms with van der Waals surface area (Å²) in [6.07, 6.45) is 1.55. The molecule has 0 aromatic heterocycles. The normalized spacial score (nSPS) is 10.1. The number of methoxy groups -OCH3 is 1. The summed E-state index contributed by atoms with van der Waals surface area (Å²) in [7, 11) is 2.56. The third kappa shape index (κ3) is 131. The van der Waals surface area contributed by atoms with Crippen molar-refractivity contribution in [3.63, 3.8) is 0 Å². The fourth-order valence-electron chi connectivity index (χ4n) is 0.399. The van der Waals surface area contributed by atoms with E-state index in [-0.39, 0.29) is 12.2 Å². The highest BCUT2D eigenvalue weighted by molar-refractivity contribution is 4.36. The summed E-state index contributed by atoms with van der Waals surface area (Å²) in [5.41, 5.74) is 0. The fourth-order valence-corrected chi connectivity index (χ4v) is 0.399. The van der Waals surface area contributed by atoms with E-state index in [1.807, 2.05) is 0 Å². The molecule has 110 valence electrons. The van der Waals surface area contributed by atoms with Crippen molar-refractivity contribution in [2.45, 2.75) is 52.7 Å². The number of hydrogen-bond donors (Lipinski definition) is 4. The average molecular weight is 256 g/mol. The molecule has 5 heteroatoms. The number of unbranched alkanes of at least 4 members (excludes halogenated alkanes) is 1. The van der Waals surface area contributed by atoms with Crippen LogP contribution in [0.3, 0.4) is 0 Å². The molecule has 4 N–H and O–H groups in total. The van der Waals surface area contributed by atoms with Crippen LogP contribution in [0.2, 0.25) is 0 Å². The molecular formula is C12H32O5. The second-order valence-electron chi connectivity index (χ2n) is 3.48. The molecule has 0 aliphatic heterocycles. The number of rotatable bonds is 4. The lowest BCUT2D eigenvalue weighted by Crippen LogP contribution is -2.07. The van der Waals surface area contributed by atoms with Gasteiger partial charge < -0.3 is 25.2 Å². The van der Waals surface area contributed by atoms with Crippen LogP contribution in [0.25, 0.3) is 0 Å². The molecule has 0 rings (SSSR count). The summed E-state index contributed by atoms with van der Waals surface area (Å²) in [6.45, 7) is 7.95. The number of aliphatic hydroxyl groups excluding tert-OH is 4. The molecule has 17 heavy (non-hydrogen) atoms. The van der Waals surface area contributed by atoms with Crippen LogP contribution in [0.15, 0.2) is 0 Å². The van der Waals surface area contributed by atoms with Gasteiger partial charge in [-0.15, -0.1) is 0 Å². The van der Waals surface area contributed by atoms with Crippen LogP contribution in [0.1, 0.15) is 40.5 Å². The molecule has 0 aromatic rings. The summed E-state index contributed by atoms with van der Waals surface area (Å²) >= 11 is 0. The van der Waals surface area contributed by atoms with E-state index in [4.69, 9.17) is 20.4 Å². The lowest BCUT2D eigenvalue weighted by Gasteiger charge is -1.97. The topological polar surface area (TPSA) is 90.2 Å². The van der Waals surface area contributed by atoms with Crippen LogP contribution in [-0.4, -0.2) is 60.1 Å². The highest BCUT2D eigenvalue weighted by atomic mass is 16.5. The van der Waals surface area contributed by atoms with Crippen molar-refractivity contribution in [2.75, 3.05) is 27.4 Å². The van der Waals surface area contributed by atoms with Gasteiger partial charge in [0.05, 0.1) is 12.7 Å². The van der Waals surface area contributed by atoms with Gasteiger partial charge in [0.25, 0.3) is 0 Å². The lowest BCUT2D eigenvalue weighted by molar-refractivity contribution is 0.0765. The van der Waals surface area contributed by atoms with Crippen molar-refractivity contribution in [3.05, 3.63) is 0 Å². The molecule has 0 heterocycles. The fraction of sp³-hybridized carbons (Fsp3) is 1.00. The third-order valence-electron chi connectivity index (χ3n) is 0.920. The van der Waals surface area contributed by atoms with Crippen LogP contribution in [0.5, 0.6) is 0 Å². The van der Waals surface area contributed by atoms with Gasteiger partial charge in [-0.1, -0.05) is 13.3 Å². The summed E-state index contributed by atoms with van der Waals surface area (Å²) in [5.74, 6) is 0. The van der Waals surface area contributed by atoms with E-state index < -0.39 is 0 Å². The Morgan fingerprint density at radius 1 is 1.06 bits per heavy atom. The van der Waals surface area contributed by atoms with E-state index in [1.165, 1.54) is 0 Å². The number of aliphatic hydroxyl groups is 4. The first-order chi connectivity index (χ1) is 7.92. The molecule has 1 unspecified atom stereocenters. The van der Waals surface area contributed by atoms with Crippen molar-refractivity contribution < 1.29 is 25.2 Å². The maximum absolute atomic E-state index is 8.43. The standard InChI is InChI=1S/C4H10O2.C4H10O.C3H8O.CH4O/c1-4(5)3-6-2;1-2-3-4-5;1-3(2)4;1-2/h4-5H,3H2,1-2H3;5H,2-4H2,1H3;3-4H,1-2H3;2H,1H3. The van der Waals surface area contributed by atoms with Crippen LogP contribution >= 0.6 is 0 Å². The Morgan fingerprint density at radius 2 is 1.41 bits per heavy atom. The zero-order valence-electron chi connectivity index (χ0n) is 12.2. The molecule has 0 fully saturated rings. The summed E-state index contributed by atoms with van der Waals surface area (Å²) in [6, 6.07) is 0. The quantitative estimate of drug-likeness (QED) is 0.597. The second kappa shape index (κ2) is 29.7. The maximum atomic E-state index is 8.43. The molecule has 1 atom stereocenters. The van der Waals surface area contributed by atoms with Crippen LogP contribution < -0.4 is 0 Å². The van der Waals surface area contributed by atoms with E-state index in [9.17, 15) is 0 Å². The molecule has 0 radical (unpaired) electrons. The largest absolute Gasteiger partial charge is 0.400 e. The van der Waals surface area contributed by atoms with Crippen molar-refractivity contribution in [1.82, 2.24) is 0 Å². The van der Waals surface area contributed by atoms with Crippen molar-refractivity contribution in [2.24, 2.45) is 0 Å². The van der Waals surface area contributed by atoms with Gasteiger partial charge in [-0.3, -0.25) is 0 Å². The Bertz CT molecular complexity index is 82.2. The van der Waals surface area contributed by atoms with Crippen LogP contribution in [0, 0.1) is 0 Å². The molecule has 0 amide bonds. The molecule has 0 aromatic carbocycles. The van der Waals surface area contributed by atoms with Gasteiger partial charge in [-0.05, 0) is 27.2 Å². The highest BCUT2D eigenvalue weighted by Gasteiger charge is 1.87. The van der Waals surface area contributed by atoms with Gasteiger partial charge >= 0.3 is 0 Å². The molecule has 0 bridgehead atoms. The predicted molar refractivity (Wildman–Crippen MR) is 71.0 cm³/mol. The van der Waals surface area contributed by atoms with Crippen LogP contribution in [0.4, 0.5) is 0 Å². The molecule has 0 aliphatic rings. The van der Waals surface area contributed by atoms with Gasteiger partial charge in [-0.25, -0.2) is 0 Å². The molecule has 0 spiro atoms. The number of ether oxygens (including phenoxy) is 1. The molecule has 0 aliphatic carbocycles. The monoisotopic (exact) mass is 256 g/mol. The van der Waals surface area contributed by atoms with E-state index in [0.717, 1.165) is 20.0 Å². The first-order valence-electron chi connectivity index (χ1n) is 5.82. The van der Waals surface area contributed by atoms with Crippen molar-refractivity contribution in [3.8, 4) is 0 Å². The Balaban J connectivity index is -0.0000000705. The molecule has 5 nitrogen and oxygen atoms in total. The SMILES string of the molecule is CC(C)O.CCCCO.CO.COCC(C)O. The Hall–Kier alpha value is -0.200. The Morgan fingerprint density at radius 3 is 1.41 bits per heavy atom. The first kappa shape index (κ1) is 25.6. The minimum Gasteiger partial charge on any atom is -0.400 e. The average Bonchev–Trinajstić information content (AvgIpc) is 2.21. The van der Waals surface area contributed by atoms with Gasteiger partial charge in [0.2, 0.25) is 0 Å². The molecule has 0 saturated carbocycles. The second-order valence-corrected chi connectivity index (χ2v) is 3.48. The van der Waals surface area contributed by atoms with Crippen molar-refractivity contribution in [1.29, 1.82) is 0 Å². The molecular weight excluding hydrogens is 224 g/mol. The maximum Gasteiger partial charge on any atom is 0.0745 e. The van der Waals surface area contributed by atoms with E-state index in [0.29, 0.717) is 13.2 Å². The first-order valence-corrected chi connectivity index (χ1v) is 5.82. The Kier molecular flexibility index (Phi) is 44.7. The minimum atomic E-state index is -0.324. The zero-order valence-corrected chi connectivity index (χ0v) is 12.2. The van der Waals surface area contributed by atoms with Gasteiger partial charge in [0.15, 0.2) is 0 Å². The summed E-state index contributed by atoms with van der Waals surface area (Å²) < 4.78 is 4.55. The van der Waals surface area contributed by atoms with Crippen molar-refractivity contribution >= 4 is 0 Å². The van der Waals surface area contributed by atoms with Gasteiger partial charge in [0.1, 0.15) is 0 Å². The van der Waals surface area contributed by atoms with Gasteiger partial charge in [0, 0.05) is 26.9 Å². The predicted octanol–water partition coefficient (Wildman–Crippen LogP) is 0.788. The number of hydrogen-bond acceptors (Lipinski definition) is 5. The lowest BCUT2D eigenvalue weighted by atomic mass is 10.4. The van der Waals surface area contributed by atoms with E-state index >= 15 is 0 Å².